The van der Waals surface area contributed by atoms with Crippen LogP contribution in [0.25, 0.3) is 10.4 Å². The number of benzene rings is 2. The highest BCUT2D eigenvalue weighted by Gasteiger charge is 2.45. The van der Waals surface area contributed by atoms with Gasteiger partial charge in [-0.1, -0.05) is 36.4 Å². The fourth-order valence-electron chi connectivity index (χ4n) is 5.14. The standard InChI is InChI=1S/C28H32N2O3S/c1-19(31)30-23(15-20-7-3-2-4-8-20)25(32)18-29-24-17-28(12-6-13-28)33-26-11-10-21(16-22(24)26)27-9-5-14-34-27/h2-5,7-11,14,16,23-25,29,32H,6,12-13,15,17-18H2,1H3,(H,30,31)/t23-,24-,25-/m0/s1. The molecule has 2 aliphatic rings. The summed E-state index contributed by atoms with van der Waals surface area (Å²) in [6.07, 6.45) is 4.10. The summed E-state index contributed by atoms with van der Waals surface area (Å²) in [5.41, 5.74) is 3.33. The van der Waals surface area contributed by atoms with Crippen molar-refractivity contribution in [1.29, 1.82) is 0 Å². The zero-order chi connectivity index (χ0) is 23.5. The molecular formula is C28H32N2O3S. The highest BCUT2D eigenvalue weighted by molar-refractivity contribution is 7.13. The summed E-state index contributed by atoms with van der Waals surface area (Å²) in [4.78, 5) is 13.1. The van der Waals surface area contributed by atoms with Crippen molar-refractivity contribution in [3.05, 3.63) is 77.2 Å². The number of nitrogens with one attached hydrogen (secondary N) is 2. The van der Waals surface area contributed by atoms with Crippen LogP contribution in [0.4, 0.5) is 0 Å². The first kappa shape index (κ1) is 23.1. The van der Waals surface area contributed by atoms with Gasteiger partial charge in [0.2, 0.25) is 5.91 Å². The van der Waals surface area contributed by atoms with Crippen LogP contribution in [0.3, 0.4) is 0 Å². The molecular weight excluding hydrogens is 444 g/mol. The van der Waals surface area contributed by atoms with E-state index in [2.05, 4.69) is 46.3 Å². The first-order valence-electron chi connectivity index (χ1n) is 12.1. The van der Waals surface area contributed by atoms with E-state index in [0.717, 1.165) is 36.1 Å². The molecule has 3 N–H and O–H groups in total. The van der Waals surface area contributed by atoms with Gasteiger partial charge in [0.15, 0.2) is 0 Å². The van der Waals surface area contributed by atoms with Crippen LogP contribution in [0.2, 0.25) is 0 Å². The van der Waals surface area contributed by atoms with Gasteiger partial charge in [0.05, 0.1) is 12.1 Å². The van der Waals surface area contributed by atoms with Gasteiger partial charge in [0.1, 0.15) is 11.4 Å². The predicted molar refractivity (Wildman–Crippen MR) is 136 cm³/mol. The van der Waals surface area contributed by atoms with Crippen LogP contribution in [0.15, 0.2) is 66.0 Å². The SMILES string of the molecule is CC(=O)N[C@@H](Cc1ccccc1)[C@@H](O)CN[C@H]1CC2(CCC2)Oc2ccc(-c3cccs3)cc21. The molecule has 2 heterocycles. The number of rotatable bonds is 8. The van der Waals surface area contributed by atoms with E-state index in [-0.39, 0.29) is 23.6 Å². The zero-order valence-electron chi connectivity index (χ0n) is 19.5. The van der Waals surface area contributed by atoms with E-state index in [1.807, 2.05) is 30.3 Å². The average molecular weight is 477 g/mol. The molecule has 1 saturated carbocycles. The van der Waals surface area contributed by atoms with Crippen molar-refractivity contribution < 1.29 is 14.6 Å². The quantitative estimate of drug-likeness (QED) is 0.434. The lowest BCUT2D eigenvalue weighted by Crippen LogP contribution is -2.52. The van der Waals surface area contributed by atoms with Crippen molar-refractivity contribution in [3.63, 3.8) is 0 Å². The van der Waals surface area contributed by atoms with Gasteiger partial charge in [-0.2, -0.15) is 0 Å². The molecule has 1 spiro atoms. The van der Waals surface area contributed by atoms with Crippen LogP contribution < -0.4 is 15.4 Å². The number of amides is 1. The Bertz CT molecular complexity index is 1110. The Hall–Kier alpha value is -2.67. The number of hydrogen-bond acceptors (Lipinski definition) is 5. The van der Waals surface area contributed by atoms with E-state index in [9.17, 15) is 9.90 Å². The number of carbonyl (C=O) groups is 1. The fourth-order valence-corrected chi connectivity index (χ4v) is 5.87. The Morgan fingerprint density at radius 2 is 2.00 bits per heavy atom. The van der Waals surface area contributed by atoms with Crippen molar-refractivity contribution in [2.24, 2.45) is 0 Å². The summed E-state index contributed by atoms with van der Waals surface area (Å²) in [6, 6.07) is 20.4. The normalized spacial score (nSPS) is 20.0. The second kappa shape index (κ2) is 9.90. The topological polar surface area (TPSA) is 70.6 Å². The van der Waals surface area contributed by atoms with Crippen LogP contribution >= 0.6 is 11.3 Å². The maximum Gasteiger partial charge on any atom is 0.217 e. The van der Waals surface area contributed by atoms with Crippen LogP contribution in [0.5, 0.6) is 5.75 Å². The second-order valence-electron chi connectivity index (χ2n) is 9.60. The molecule has 5 rings (SSSR count). The van der Waals surface area contributed by atoms with Gasteiger partial charge in [-0.3, -0.25) is 4.79 Å². The lowest BCUT2D eigenvalue weighted by molar-refractivity contribution is -0.120. The number of fused-ring (bicyclic) bond motifs is 1. The Morgan fingerprint density at radius 1 is 1.18 bits per heavy atom. The number of carbonyl (C=O) groups excluding carboxylic acids is 1. The van der Waals surface area contributed by atoms with Crippen LogP contribution in [-0.2, 0) is 11.2 Å². The second-order valence-corrected chi connectivity index (χ2v) is 10.5. The number of thiophene rings is 1. The maximum atomic E-state index is 11.8. The monoisotopic (exact) mass is 476 g/mol. The Labute approximate surface area is 205 Å². The molecule has 2 aromatic carbocycles. The largest absolute Gasteiger partial charge is 0.487 e. The Morgan fingerprint density at radius 3 is 2.68 bits per heavy atom. The number of hydrogen-bond donors (Lipinski definition) is 3. The van der Waals surface area contributed by atoms with Crippen molar-refractivity contribution in [1.82, 2.24) is 10.6 Å². The van der Waals surface area contributed by atoms with E-state index in [0.29, 0.717) is 13.0 Å². The highest BCUT2D eigenvalue weighted by Crippen LogP contribution is 2.49. The third-order valence-electron chi connectivity index (χ3n) is 7.08. The van der Waals surface area contributed by atoms with Crippen molar-refractivity contribution in [2.75, 3.05) is 6.54 Å². The minimum absolute atomic E-state index is 0.0910. The predicted octanol–water partition coefficient (Wildman–Crippen LogP) is 4.86. The molecule has 5 nitrogen and oxygen atoms in total. The molecule has 6 heteroatoms. The molecule has 3 atom stereocenters. The fraction of sp³-hybridized carbons (Fsp3) is 0.393. The van der Waals surface area contributed by atoms with Gasteiger partial charge in [0, 0.05) is 36.4 Å². The molecule has 0 radical (unpaired) electrons. The number of aliphatic hydroxyl groups is 1. The van der Waals surface area contributed by atoms with E-state index < -0.39 is 6.10 Å². The molecule has 1 amide bonds. The maximum absolute atomic E-state index is 11.8. The van der Waals surface area contributed by atoms with Crippen LogP contribution in [0, 0.1) is 0 Å². The molecule has 3 aromatic rings. The van der Waals surface area contributed by atoms with Gasteiger partial charge in [-0.25, -0.2) is 0 Å². The Balaban J connectivity index is 1.34. The molecule has 0 saturated heterocycles. The molecule has 178 valence electrons. The lowest BCUT2D eigenvalue weighted by atomic mass is 9.72. The summed E-state index contributed by atoms with van der Waals surface area (Å²) in [7, 11) is 0. The van der Waals surface area contributed by atoms with E-state index in [4.69, 9.17) is 4.74 Å². The molecule has 1 aliphatic carbocycles. The molecule has 0 bridgehead atoms. The smallest absolute Gasteiger partial charge is 0.217 e. The van der Waals surface area contributed by atoms with Gasteiger partial charge in [-0.15, -0.1) is 11.3 Å². The van der Waals surface area contributed by atoms with Crippen LogP contribution in [-0.4, -0.2) is 35.3 Å². The Kier molecular flexibility index (Phi) is 6.73. The number of ether oxygens (including phenoxy) is 1. The molecule has 34 heavy (non-hydrogen) atoms. The van der Waals surface area contributed by atoms with Crippen molar-refractivity contribution in [2.45, 2.75) is 62.8 Å². The minimum Gasteiger partial charge on any atom is -0.487 e. The minimum atomic E-state index is -0.715. The van der Waals surface area contributed by atoms with Gasteiger partial charge < -0.3 is 20.5 Å². The van der Waals surface area contributed by atoms with Gasteiger partial charge in [-0.05, 0) is 66.5 Å². The zero-order valence-corrected chi connectivity index (χ0v) is 20.3. The van der Waals surface area contributed by atoms with E-state index in [1.165, 1.54) is 23.8 Å². The van der Waals surface area contributed by atoms with E-state index >= 15 is 0 Å². The van der Waals surface area contributed by atoms with Gasteiger partial charge in [0.25, 0.3) is 0 Å². The third kappa shape index (κ3) is 5.04. The molecule has 1 fully saturated rings. The molecule has 1 aromatic heterocycles. The van der Waals surface area contributed by atoms with Crippen LogP contribution in [0.1, 0.15) is 49.8 Å². The lowest BCUT2D eigenvalue weighted by Gasteiger charge is -2.48. The van der Waals surface area contributed by atoms with Crippen molar-refractivity contribution >= 4 is 17.2 Å². The first-order chi connectivity index (χ1) is 16.5. The van der Waals surface area contributed by atoms with Crippen molar-refractivity contribution in [3.8, 4) is 16.2 Å². The first-order valence-corrected chi connectivity index (χ1v) is 13.0. The summed E-state index contributed by atoms with van der Waals surface area (Å²) in [5.74, 6) is 0.811. The third-order valence-corrected chi connectivity index (χ3v) is 8.00. The number of aliphatic hydroxyl groups excluding tert-OH is 1. The summed E-state index contributed by atoms with van der Waals surface area (Å²) < 4.78 is 6.49. The molecule has 1 aliphatic heterocycles. The average Bonchev–Trinajstić information content (AvgIpc) is 3.36. The highest BCUT2D eigenvalue weighted by atomic mass is 32.1. The summed E-state index contributed by atoms with van der Waals surface area (Å²) >= 11 is 1.73. The summed E-state index contributed by atoms with van der Waals surface area (Å²) in [5, 5.41) is 19.8. The molecule has 0 unspecified atom stereocenters. The summed E-state index contributed by atoms with van der Waals surface area (Å²) in [6.45, 7) is 1.89. The van der Waals surface area contributed by atoms with Gasteiger partial charge >= 0.3 is 0 Å². The van der Waals surface area contributed by atoms with E-state index in [1.54, 1.807) is 11.3 Å².